The minimum atomic E-state index is -0.548. The van der Waals surface area contributed by atoms with E-state index in [9.17, 15) is 14.4 Å². The van der Waals surface area contributed by atoms with Crippen LogP contribution in [0, 0.1) is 6.92 Å². The van der Waals surface area contributed by atoms with Crippen LogP contribution in [0.3, 0.4) is 0 Å². The quantitative estimate of drug-likeness (QED) is 0.342. The Labute approximate surface area is 252 Å². The van der Waals surface area contributed by atoms with Crippen molar-refractivity contribution in [3.05, 3.63) is 69.7 Å². The molecule has 2 amide bonds. The number of likely N-dealkylation sites (N-methyl/N-ethyl adjacent to an activating group) is 1. The van der Waals surface area contributed by atoms with Gasteiger partial charge in [0, 0.05) is 57.6 Å². The van der Waals surface area contributed by atoms with E-state index >= 15 is 0 Å². The van der Waals surface area contributed by atoms with Gasteiger partial charge in [-0.3, -0.25) is 23.7 Å². The smallest absolute Gasteiger partial charge is 0.376 e. The molecule has 224 valence electrons. The zero-order valence-electron chi connectivity index (χ0n) is 24.0. The van der Waals surface area contributed by atoms with Gasteiger partial charge in [0.25, 0.3) is 5.91 Å². The molecule has 2 heterocycles. The van der Waals surface area contributed by atoms with Crippen LogP contribution in [-0.2, 0) is 29.7 Å². The zero-order valence-corrected chi connectivity index (χ0v) is 25.7. The van der Waals surface area contributed by atoms with Gasteiger partial charge in [-0.1, -0.05) is 55.4 Å². The molecule has 0 bridgehead atoms. The Morgan fingerprint density at radius 3 is 2.32 bits per heavy atom. The number of aryl methyl sites for hydroxylation is 1. The van der Waals surface area contributed by atoms with Crippen molar-refractivity contribution in [3.63, 3.8) is 0 Å². The highest BCUT2D eigenvalue weighted by atomic mass is 35.5. The predicted molar refractivity (Wildman–Crippen MR) is 163 cm³/mol. The molecule has 0 radical (unpaired) electrons. The lowest BCUT2D eigenvalue weighted by molar-refractivity contribution is -0.151. The molecule has 0 fully saturated rings. The molecule has 3 aromatic rings. The summed E-state index contributed by atoms with van der Waals surface area (Å²) in [5.74, 6) is -0.488. The van der Waals surface area contributed by atoms with Gasteiger partial charge in [0.1, 0.15) is 6.54 Å². The van der Waals surface area contributed by atoms with Crippen molar-refractivity contribution in [1.82, 2.24) is 30.0 Å². The molecule has 2 N–H and O–H groups in total. The van der Waals surface area contributed by atoms with E-state index in [1.807, 2.05) is 56.1 Å². The number of carbonyl (C=O) groups is 2. The molecular weight excluding hydrogens is 569 g/mol. The Kier molecular flexibility index (Phi) is 12.4. The summed E-state index contributed by atoms with van der Waals surface area (Å²) in [5, 5.41) is 14.0. The van der Waals surface area contributed by atoms with Crippen LogP contribution in [0.1, 0.15) is 30.5 Å². The summed E-state index contributed by atoms with van der Waals surface area (Å²) in [5.41, 5.74) is 4.76. The summed E-state index contributed by atoms with van der Waals surface area (Å²) in [6, 6.07) is 14.0. The van der Waals surface area contributed by atoms with Crippen molar-refractivity contribution < 1.29 is 14.1 Å². The summed E-state index contributed by atoms with van der Waals surface area (Å²) in [6.07, 6.45) is 0. The molecule has 0 saturated carbocycles. The largest absolute Gasteiger partial charge is 0.441 e. The molecule has 0 unspecified atom stereocenters. The Morgan fingerprint density at radius 2 is 1.73 bits per heavy atom. The standard InChI is InChI=1S/C28H37N7O4.2ClH/c1-19(2)29-12-13-34(18-26(37)33(5)35-16-22-8-6-7-9-23(22)17-35)25(36)15-30-24-14-21(11-10-20(24)3)27-31-39-28(38)32(27)4;;/h6-11,14,19,29-30H,12-13,15-18H2,1-5H3;2*1H. The number of benzene rings is 2. The highest BCUT2D eigenvalue weighted by Gasteiger charge is 2.27. The van der Waals surface area contributed by atoms with Crippen LogP contribution < -0.4 is 16.4 Å². The number of hydrogen-bond donors (Lipinski definition) is 2. The maximum atomic E-state index is 13.4. The minimum Gasteiger partial charge on any atom is -0.376 e. The van der Waals surface area contributed by atoms with E-state index in [1.54, 1.807) is 24.0 Å². The average Bonchev–Trinajstić information content (AvgIpc) is 3.49. The molecule has 13 heteroatoms. The van der Waals surface area contributed by atoms with E-state index in [0.717, 1.165) is 11.3 Å². The maximum absolute atomic E-state index is 13.4. The van der Waals surface area contributed by atoms with Crippen molar-refractivity contribution in [3.8, 4) is 11.4 Å². The summed E-state index contributed by atoms with van der Waals surface area (Å²) < 4.78 is 6.07. The molecule has 1 aliphatic heterocycles. The maximum Gasteiger partial charge on any atom is 0.441 e. The van der Waals surface area contributed by atoms with Crippen molar-refractivity contribution >= 4 is 42.3 Å². The van der Waals surface area contributed by atoms with E-state index < -0.39 is 5.76 Å². The Balaban J connectivity index is 0.00000294. The summed E-state index contributed by atoms with van der Waals surface area (Å²) in [7, 11) is 3.34. The molecule has 2 aromatic carbocycles. The first-order chi connectivity index (χ1) is 18.6. The fourth-order valence-electron chi connectivity index (χ4n) is 4.50. The third-order valence-corrected chi connectivity index (χ3v) is 6.95. The van der Waals surface area contributed by atoms with Crippen molar-refractivity contribution in [2.45, 2.75) is 39.9 Å². The lowest BCUT2D eigenvalue weighted by Gasteiger charge is -2.31. The number of nitrogens with zero attached hydrogens (tertiary/aromatic N) is 5. The summed E-state index contributed by atoms with van der Waals surface area (Å²) in [6.45, 7) is 8.29. The molecule has 0 aliphatic carbocycles. The Hall–Kier alpha value is -3.38. The fraction of sp³-hybridized carbons (Fsp3) is 0.429. The third kappa shape index (κ3) is 8.32. The first-order valence-electron chi connectivity index (χ1n) is 13.1. The number of hydrogen-bond acceptors (Lipinski definition) is 8. The number of aromatic nitrogens is 2. The first-order valence-corrected chi connectivity index (χ1v) is 13.1. The van der Waals surface area contributed by atoms with E-state index in [4.69, 9.17) is 4.52 Å². The van der Waals surface area contributed by atoms with Crippen LogP contribution >= 0.6 is 24.8 Å². The van der Waals surface area contributed by atoms with E-state index in [0.29, 0.717) is 37.6 Å². The van der Waals surface area contributed by atoms with Crippen LogP contribution in [-0.4, -0.2) is 75.7 Å². The molecule has 0 spiro atoms. The van der Waals surface area contributed by atoms with Crippen LogP contribution in [0.4, 0.5) is 5.69 Å². The highest BCUT2D eigenvalue weighted by molar-refractivity contribution is 5.87. The van der Waals surface area contributed by atoms with Gasteiger partial charge in [0.05, 0.1) is 6.54 Å². The second kappa shape index (κ2) is 15.0. The molecule has 11 nitrogen and oxygen atoms in total. The van der Waals surface area contributed by atoms with E-state index in [2.05, 4.69) is 27.9 Å². The molecule has 1 aliphatic rings. The molecule has 4 rings (SSSR count). The normalized spacial score (nSPS) is 12.3. The number of amides is 2. The Bertz CT molecular complexity index is 1370. The molecule has 1 aromatic heterocycles. The topological polar surface area (TPSA) is 116 Å². The summed E-state index contributed by atoms with van der Waals surface area (Å²) in [4.78, 5) is 39.9. The van der Waals surface area contributed by atoms with Gasteiger partial charge < -0.3 is 15.5 Å². The van der Waals surface area contributed by atoms with Gasteiger partial charge in [-0.25, -0.2) is 9.80 Å². The molecule has 0 atom stereocenters. The van der Waals surface area contributed by atoms with E-state index in [-0.39, 0.29) is 55.8 Å². The van der Waals surface area contributed by atoms with E-state index in [1.165, 1.54) is 15.7 Å². The van der Waals surface area contributed by atoms with Crippen LogP contribution in [0.25, 0.3) is 11.4 Å². The molecule has 41 heavy (non-hydrogen) atoms. The number of halogens is 2. The van der Waals surface area contributed by atoms with Crippen LogP contribution in [0.2, 0.25) is 0 Å². The van der Waals surface area contributed by atoms with Crippen LogP contribution in [0.15, 0.2) is 51.8 Å². The summed E-state index contributed by atoms with van der Waals surface area (Å²) >= 11 is 0. The van der Waals surface area contributed by atoms with Crippen molar-refractivity contribution in [1.29, 1.82) is 0 Å². The van der Waals surface area contributed by atoms with Gasteiger partial charge in [0.15, 0.2) is 5.82 Å². The number of carbonyl (C=O) groups excluding carboxylic acids is 2. The number of nitrogens with one attached hydrogen (secondary N) is 2. The monoisotopic (exact) mass is 607 g/mol. The minimum absolute atomic E-state index is 0. The second-order valence-electron chi connectivity index (χ2n) is 10.1. The van der Waals surface area contributed by atoms with Gasteiger partial charge in [-0.2, -0.15) is 0 Å². The molecular formula is C28H39Cl2N7O4. The van der Waals surface area contributed by atoms with Crippen molar-refractivity contribution in [2.75, 3.05) is 38.5 Å². The third-order valence-electron chi connectivity index (χ3n) is 6.95. The van der Waals surface area contributed by atoms with Crippen LogP contribution in [0.5, 0.6) is 0 Å². The number of rotatable bonds is 11. The second-order valence-corrected chi connectivity index (χ2v) is 10.1. The first kappa shape index (κ1) is 33.8. The van der Waals surface area contributed by atoms with Gasteiger partial charge >= 0.3 is 5.76 Å². The Morgan fingerprint density at radius 1 is 1.07 bits per heavy atom. The predicted octanol–water partition coefficient (Wildman–Crippen LogP) is 2.82. The number of fused-ring (bicyclic) bond motifs is 1. The van der Waals surface area contributed by atoms with Gasteiger partial charge in [-0.15, -0.1) is 24.8 Å². The van der Waals surface area contributed by atoms with Crippen molar-refractivity contribution in [2.24, 2.45) is 7.05 Å². The SMILES string of the molecule is Cc1ccc(-c2noc(=O)n2C)cc1NCC(=O)N(CCNC(C)C)CC(=O)N(C)N1Cc2ccccc2C1.Cl.Cl. The fourth-order valence-corrected chi connectivity index (χ4v) is 4.50. The molecule has 0 saturated heterocycles. The lowest BCUT2D eigenvalue weighted by Crippen LogP contribution is -2.49. The van der Waals surface area contributed by atoms with Gasteiger partial charge in [-0.05, 0) is 29.7 Å². The average molecular weight is 609 g/mol. The zero-order chi connectivity index (χ0) is 28.1. The number of hydrazine groups is 1. The van der Waals surface area contributed by atoms with Gasteiger partial charge in [0.2, 0.25) is 5.91 Å². The lowest BCUT2D eigenvalue weighted by atomic mass is 10.1. The highest BCUT2D eigenvalue weighted by Crippen LogP contribution is 2.24. The number of anilines is 1.